The molecule has 1 N–H and O–H groups in total. The Morgan fingerprint density at radius 1 is 1.50 bits per heavy atom. The zero-order valence-corrected chi connectivity index (χ0v) is 9.91. The molecule has 0 bridgehead atoms. The minimum atomic E-state index is -0.0116. The number of aromatic hydroxyl groups is 1. The van der Waals surface area contributed by atoms with Crippen molar-refractivity contribution in [1.29, 1.82) is 0 Å². The van der Waals surface area contributed by atoms with Crippen molar-refractivity contribution in [2.45, 2.75) is 6.42 Å². The quantitative estimate of drug-likeness (QED) is 0.612. The SMILES string of the molecule is COc1ccc(C=O)c(C=CCCS)c1O. The number of thiol groups is 1. The molecule has 16 heavy (non-hydrogen) atoms. The highest BCUT2D eigenvalue weighted by atomic mass is 32.1. The van der Waals surface area contributed by atoms with Gasteiger partial charge in [-0.15, -0.1) is 0 Å². The summed E-state index contributed by atoms with van der Waals surface area (Å²) in [5.74, 6) is 1.07. The molecule has 1 aromatic rings. The third-order valence-corrected chi connectivity index (χ3v) is 2.40. The van der Waals surface area contributed by atoms with Gasteiger partial charge >= 0.3 is 0 Å². The number of ether oxygens (including phenoxy) is 1. The molecule has 0 spiro atoms. The fraction of sp³-hybridized carbons (Fsp3) is 0.250. The van der Waals surface area contributed by atoms with E-state index in [-0.39, 0.29) is 5.75 Å². The van der Waals surface area contributed by atoms with Crippen LogP contribution < -0.4 is 4.74 Å². The molecule has 3 nitrogen and oxygen atoms in total. The largest absolute Gasteiger partial charge is 0.504 e. The van der Waals surface area contributed by atoms with Crippen molar-refractivity contribution in [3.63, 3.8) is 0 Å². The number of methoxy groups -OCH3 is 1. The van der Waals surface area contributed by atoms with Crippen LogP contribution in [0.3, 0.4) is 0 Å². The minimum absolute atomic E-state index is 0.0116. The van der Waals surface area contributed by atoms with Crippen LogP contribution in [0.15, 0.2) is 18.2 Å². The average Bonchev–Trinajstić information content (AvgIpc) is 2.31. The zero-order valence-electron chi connectivity index (χ0n) is 9.01. The lowest BCUT2D eigenvalue weighted by Gasteiger charge is -2.07. The van der Waals surface area contributed by atoms with Gasteiger partial charge in [0.15, 0.2) is 17.8 Å². The van der Waals surface area contributed by atoms with Crippen molar-refractivity contribution >= 4 is 25.0 Å². The fourth-order valence-electron chi connectivity index (χ4n) is 1.32. The van der Waals surface area contributed by atoms with Crippen LogP contribution in [0.25, 0.3) is 6.08 Å². The third kappa shape index (κ3) is 2.79. The van der Waals surface area contributed by atoms with E-state index < -0.39 is 0 Å². The lowest BCUT2D eigenvalue weighted by molar-refractivity contribution is 0.112. The van der Waals surface area contributed by atoms with Crippen LogP contribution in [0.2, 0.25) is 0 Å². The van der Waals surface area contributed by atoms with Crippen LogP contribution in [0.4, 0.5) is 0 Å². The average molecular weight is 238 g/mol. The predicted molar refractivity (Wildman–Crippen MR) is 67.6 cm³/mol. The third-order valence-electron chi connectivity index (χ3n) is 2.14. The lowest BCUT2D eigenvalue weighted by atomic mass is 10.1. The molecule has 0 fully saturated rings. The van der Waals surface area contributed by atoms with Crippen LogP contribution >= 0.6 is 12.6 Å². The number of hydrogen-bond donors (Lipinski definition) is 2. The van der Waals surface area contributed by atoms with Crippen LogP contribution in [0.1, 0.15) is 22.3 Å². The maximum absolute atomic E-state index is 10.8. The van der Waals surface area contributed by atoms with Gasteiger partial charge in [-0.1, -0.05) is 12.2 Å². The van der Waals surface area contributed by atoms with Gasteiger partial charge in [0.2, 0.25) is 0 Å². The first-order chi connectivity index (χ1) is 7.74. The van der Waals surface area contributed by atoms with Gasteiger partial charge in [-0.05, 0) is 24.3 Å². The molecule has 0 aliphatic rings. The van der Waals surface area contributed by atoms with Gasteiger partial charge in [0.1, 0.15) is 0 Å². The van der Waals surface area contributed by atoms with Gasteiger partial charge in [-0.2, -0.15) is 12.6 Å². The molecule has 4 heteroatoms. The molecule has 0 atom stereocenters. The van der Waals surface area contributed by atoms with Crippen molar-refractivity contribution in [3.8, 4) is 11.5 Å². The summed E-state index contributed by atoms with van der Waals surface area (Å²) in [4.78, 5) is 10.8. The minimum Gasteiger partial charge on any atom is -0.504 e. The van der Waals surface area contributed by atoms with Gasteiger partial charge in [-0.25, -0.2) is 0 Å². The van der Waals surface area contributed by atoms with Gasteiger partial charge < -0.3 is 9.84 Å². The van der Waals surface area contributed by atoms with E-state index in [4.69, 9.17) is 4.74 Å². The molecular weight excluding hydrogens is 224 g/mol. The first kappa shape index (κ1) is 12.6. The van der Waals surface area contributed by atoms with E-state index in [2.05, 4.69) is 12.6 Å². The van der Waals surface area contributed by atoms with Crippen molar-refractivity contribution in [2.75, 3.05) is 12.9 Å². The van der Waals surface area contributed by atoms with E-state index in [1.54, 1.807) is 18.2 Å². The van der Waals surface area contributed by atoms with Gasteiger partial charge in [-0.3, -0.25) is 4.79 Å². The number of benzene rings is 1. The number of phenols is 1. The number of rotatable bonds is 5. The maximum Gasteiger partial charge on any atom is 0.165 e. The lowest BCUT2D eigenvalue weighted by Crippen LogP contribution is -1.91. The molecule has 0 amide bonds. The van der Waals surface area contributed by atoms with E-state index in [1.807, 2.05) is 6.08 Å². The number of hydrogen-bond acceptors (Lipinski definition) is 4. The second-order valence-corrected chi connectivity index (χ2v) is 3.60. The molecule has 0 aliphatic carbocycles. The van der Waals surface area contributed by atoms with Crippen LogP contribution in [0, 0.1) is 0 Å². The van der Waals surface area contributed by atoms with Crippen molar-refractivity contribution in [3.05, 3.63) is 29.3 Å². The van der Waals surface area contributed by atoms with Crippen LogP contribution in [0.5, 0.6) is 11.5 Å². The zero-order chi connectivity index (χ0) is 12.0. The highest BCUT2D eigenvalue weighted by molar-refractivity contribution is 7.80. The van der Waals surface area contributed by atoms with Crippen LogP contribution in [-0.2, 0) is 0 Å². The summed E-state index contributed by atoms with van der Waals surface area (Å²) < 4.78 is 4.98. The topological polar surface area (TPSA) is 46.5 Å². The smallest absolute Gasteiger partial charge is 0.165 e. The highest BCUT2D eigenvalue weighted by Crippen LogP contribution is 2.32. The number of carbonyl (C=O) groups is 1. The first-order valence-electron chi connectivity index (χ1n) is 4.87. The van der Waals surface area contributed by atoms with E-state index in [1.165, 1.54) is 7.11 Å². The van der Waals surface area contributed by atoms with Gasteiger partial charge in [0.25, 0.3) is 0 Å². The molecule has 0 aliphatic heterocycles. The Labute approximate surface area is 100 Å². The number of phenolic OH excluding ortho intramolecular Hbond substituents is 1. The molecule has 0 saturated heterocycles. The van der Waals surface area contributed by atoms with Gasteiger partial charge in [0.05, 0.1) is 7.11 Å². The summed E-state index contributed by atoms with van der Waals surface area (Å²) >= 11 is 4.07. The summed E-state index contributed by atoms with van der Waals surface area (Å²) in [5, 5.41) is 9.85. The Morgan fingerprint density at radius 3 is 2.81 bits per heavy atom. The van der Waals surface area contributed by atoms with E-state index in [0.717, 1.165) is 12.2 Å². The maximum atomic E-state index is 10.8. The normalized spacial score (nSPS) is 10.6. The molecule has 0 heterocycles. The van der Waals surface area contributed by atoms with E-state index in [0.29, 0.717) is 23.2 Å². The van der Waals surface area contributed by atoms with E-state index >= 15 is 0 Å². The first-order valence-corrected chi connectivity index (χ1v) is 5.50. The monoisotopic (exact) mass is 238 g/mol. The second kappa shape index (κ2) is 6.23. The molecular formula is C12H14O3S. The Morgan fingerprint density at radius 2 is 2.25 bits per heavy atom. The Balaban J connectivity index is 3.15. The summed E-state index contributed by atoms with van der Waals surface area (Å²) in [6.07, 6.45) is 5.05. The highest BCUT2D eigenvalue weighted by Gasteiger charge is 2.09. The van der Waals surface area contributed by atoms with Gasteiger partial charge in [0, 0.05) is 11.1 Å². The Kier molecular flexibility index (Phi) is 4.92. The summed E-state index contributed by atoms with van der Waals surface area (Å²) in [6, 6.07) is 3.18. The molecule has 1 aromatic carbocycles. The summed E-state index contributed by atoms with van der Waals surface area (Å²) in [7, 11) is 1.47. The molecule has 0 unspecified atom stereocenters. The number of aldehydes is 1. The van der Waals surface area contributed by atoms with E-state index in [9.17, 15) is 9.90 Å². The Hall–Kier alpha value is -1.42. The van der Waals surface area contributed by atoms with Crippen molar-refractivity contribution in [1.82, 2.24) is 0 Å². The summed E-state index contributed by atoms with van der Waals surface area (Å²) in [6.45, 7) is 0. The standard InChI is InChI=1S/C12H14O3S/c1-15-11-6-5-9(8-13)10(12(11)14)4-2-3-7-16/h2,4-6,8,14,16H,3,7H2,1H3. The summed E-state index contributed by atoms with van der Waals surface area (Å²) in [5.41, 5.74) is 0.921. The molecule has 0 saturated carbocycles. The van der Waals surface area contributed by atoms with Crippen molar-refractivity contribution < 1.29 is 14.6 Å². The second-order valence-electron chi connectivity index (χ2n) is 3.15. The molecule has 1 rings (SSSR count). The Bertz CT molecular complexity index is 399. The fourth-order valence-corrected chi connectivity index (χ4v) is 1.47. The number of allylic oxidation sites excluding steroid dienone is 1. The predicted octanol–water partition coefficient (Wildman–Crippen LogP) is 2.55. The molecule has 86 valence electrons. The molecule has 0 radical (unpaired) electrons. The number of carbonyl (C=O) groups excluding carboxylic acids is 1. The molecule has 0 aromatic heterocycles. The van der Waals surface area contributed by atoms with Crippen LogP contribution in [-0.4, -0.2) is 24.3 Å². The van der Waals surface area contributed by atoms with Crippen molar-refractivity contribution in [2.24, 2.45) is 0 Å².